The fraction of sp³-hybridized carbons (Fsp3) is 0.714. The Kier molecular flexibility index (Phi) is 4.45. The molecule has 1 fully saturated rings. The van der Waals surface area contributed by atoms with Gasteiger partial charge in [-0.05, 0) is 22.9 Å². The molecule has 0 aromatic carbocycles. The van der Waals surface area contributed by atoms with Crippen LogP contribution in [0.2, 0.25) is 0 Å². The Labute approximate surface area is 128 Å². The first kappa shape index (κ1) is 15.1. The van der Waals surface area contributed by atoms with Gasteiger partial charge in [0.1, 0.15) is 16.2 Å². The van der Waals surface area contributed by atoms with Gasteiger partial charge < -0.3 is 4.90 Å². The second-order valence-corrected chi connectivity index (χ2v) is 8.43. The lowest BCUT2D eigenvalue weighted by Gasteiger charge is -2.38. The molecule has 0 amide bonds. The minimum atomic E-state index is -0.0298. The molecule has 1 saturated heterocycles. The first-order valence-corrected chi connectivity index (χ1v) is 8.56. The molecule has 0 N–H and O–H groups in total. The molecule has 1 aliphatic rings. The number of aromatic nitrogens is 2. The first-order valence-electron chi connectivity index (χ1n) is 6.72. The minimum absolute atomic E-state index is 0.0298. The molecule has 19 heavy (non-hydrogen) atoms. The summed E-state index contributed by atoms with van der Waals surface area (Å²) in [5, 5.41) is 0.639. The van der Waals surface area contributed by atoms with Crippen molar-refractivity contribution in [1.82, 2.24) is 9.97 Å². The van der Waals surface area contributed by atoms with E-state index in [1.807, 2.05) is 17.8 Å². The lowest BCUT2D eigenvalue weighted by Crippen LogP contribution is -2.45. The van der Waals surface area contributed by atoms with Gasteiger partial charge in [-0.25, -0.2) is 9.97 Å². The highest BCUT2D eigenvalue weighted by Gasteiger charge is 2.28. The summed E-state index contributed by atoms with van der Waals surface area (Å²) in [5.41, 5.74) is -0.0298. The maximum atomic E-state index is 4.79. The Morgan fingerprint density at radius 1 is 1.32 bits per heavy atom. The van der Waals surface area contributed by atoms with Crippen molar-refractivity contribution in [3.05, 3.63) is 16.5 Å². The van der Waals surface area contributed by atoms with E-state index < -0.39 is 0 Å². The van der Waals surface area contributed by atoms with Crippen LogP contribution in [0.15, 0.2) is 10.7 Å². The normalized spacial score (nSPS) is 24.6. The third-order valence-electron chi connectivity index (χ3n) is 3.53. The van der Waals surface area contributed by atoms with Crippen LogP contribution in [0.3, 0.4) is 0 Å². The van der Waals surface area contributed by atoms with Crippen molar-refractivity contribution in [2.24, 2.45) is 0 Å². The smallest absolute Gasteiger partial charge is 0.137 e. The predicted octanol–water partition coefficient (Wildman–Crippen LogP) is 3.87. The molecule has 0 aliphatic carbocycles. The number of hydrogen-bond donors (Lipinski definition) is 0. The summed E-state index contributed by atoms with van der Waals surface area (Å²) in [4.78, 5) is 11.7. The number of rotatable bonds is 1. The van der Waals surface area contributed by atoms with Crippen LogP contribution in [0.5, 0.6) is 0 Å². The summed E-state index contributed by atoms with van der Waals surface area (Å²) >= 11 is 5.57. The van der Waals surface area contributed by atoms with Crippen LogP contribution in [0.4, 0.5) is 5.82 Å². The van der Waals surface area contributed by atoms with Gasteiger partial charge in [-0.3, -0.25) is 0 Å². The SMILES string of the molecule is CC1SCCN(c2cc(Br)nc(C(C)(C)C)n2)C1C. The lowest BCUT2D eigenvalue weighted by atomic mass is 9.96. The highest BCUT2D eigenvalue weighted by Crippen LogP contribution is 2.30. The van der Waals surface area contributed by atoms with Gasteiger partial charge >= 0.3 is 0 Å². The largest absolute Gasteiger partial charge is 0.352 e. The molecular weight excluding hydrogens is 322 g/mol. The maximum absolute atomic E-state index is 4.79. The number of thioether (sulfide) groups is 1. The summed E-state index contributed by atoms with van der Waals surface area (Å²) in [6, 6.07) is 2.54. The van der Waals surface area contributed by atoms with Crippen LogP contribution >= 0.6 is 27.7 Å². The van der Waals surface area contributed by atoms with Crippen molar-refractivity contribution in [3.8, 4) is 0 Å². The third-order valence-corrected chi connectivity index (χ3v) is 5.27. The molecule has 5 heteroatoms. The van der Waals surface area contributed by atoms with Gasteiger partial charge in [0.2, 0.25) is 0 Å². The first-order chi connectivity index (χ1) is 8.79. The van der Waals surface area contributed by atoms with Crippen LogP contribution in [0, 0.1) is 0 Å². The maximum Gasteiger partial charge on any atom is 0.137 e. The average Bonchev–Trinajstić information content (AvgIpc) is 2.31. The second kappa shape index (κ2) is 5.60. The summed E-state index contributed by atoms with van der Waals surface area (Å²) in [6.45, 7) is 12.1. The zero-order chi connectivity index (χ0) is 14.2. The van der Waals surface area contributed by atoms with Crippen molar-refractivity contribution in [2.45, 2.75) is 51.3 Å². The quantitative estimate of drug-likeness (QED) is 0.724. The highest BCUT2D eigenvalue weighted by molar-refractivity contribution is 9.10. The molecule has 2 unspecified atom stereocenters. The Hall–Kier alpha value is -0.290. The van der Waals surface area contributed by atoms with Gasteiger partial charge in [-0.2, -0.15) is 11.8 Å². The number of halogens is 1. The van der Waals surface area contributed by atoms with E-state index in [9.17, 15) is 0 Å². The standard InChI is InChI=1S/C14H22BrN3S/c1-9-10(2)19-7-6-18(9)12-8-11(15)16-13(17-12)14(3,4)5/h8-10H,6-7H2,1-5H3. The third kappa shape index (κ3) is 3.43. The summed E-state index contributed by atoms with van der Waals surface area (Å²) in [5.74, 6) is 3.11. The van der Waals surface area contributed by atoms with Gasteiger partial charge in [-0.1, -0.05) is 27.7 Å². The van der Waals surface area contributed by atoms with Crippen molar-refractivity contribution >= 4 is 33.5 Å². The molecule has 106 valence electrons. The van der Waals surface area contributed by atoms with Gasteiger partial charge in [-0.15, -0.1) is 0 Å². The molecule has 1 aliphatic heterocycles. The van der Waals surface area contributed by atoms with Crippen molar-refractivity contribution in [3.63, 3.8) is 0 Å². The van der Waals surface area contributed by atoms with E-state index in [0.717, 1.165) is 28.5 Å². The van der Waals surface area contributed by atoms with E-state index in [1.165, 1.54) is 0 Å². The van der Waals surface area contributed by atoms with E-state index >= 15 is 0 Å². The highest BCUT2D eigenvalue weighted by atomic mass is 79.9. The summed E-state index contributed by atoms with van der Waals surface area (Å²) in [7, 11) is 0. The molecule has 0 saturated carbocycles. The summed E-state index contributed by atoms with van der Waals surface area (Å²) < 4.78 is 0.875. The van der Waals surface area contributed by atoms with E-state index in [1.54, 1.807) is 0 Å². The zero-order valence-corrected chi connectivity index (χ0v) is 14.7. The molecule has 0 spiro atoms. The fourth-order valence-corrected chi connectivity index (χ4v) is 3.62. The zero-order valence-electron chi connectivity index (χ0n) is 12.3. The second-order valence-electron chi connectivity index (χ2n) is 6.13. The molecule has 2 atom stereocenters. The topological polar surface area (TPSA) is 29.0 Å². The summed E-state index contributed by atoms with van der Waals surface area (Å²) in [6.07, 6.45) is 0. The van der Waals surface area contributed by atoms with Crippen molar-refractivity contribution in [1.29, 1.82) is 0 Å². The molecular formula is C14H22BrN3S. The predicted molar refractivity (Wildman–Crippen MR) is 87.2 cm³/mol. The number of anilines is 1. The van der Waals surface area contributed by atoms with Crippen LogP contribution in [-0.2, 0) is 5.41 Å². The number of hydrogen-bond acceptors (Lipinski definition) is 4. The monoisotopic (exact) mass is 343 g/mol. The number of nitrogens with zero attached hydrogens (tertiary/aromatic N) is 3. The molecule has 0 radical (unpaired) electrons. The van der Waals surface area contributed by atoms with Crippen LogP contribution in [-0.4, -0.2) is 33.6 Å². The van der Waals surface area contributed by atoms with Gasteiger partial charge in [0.05, 0.1) is 0 Å². The molecule has 2 rings (SSSR count). The van der Waals surface area contributed by atoms with Gasteiger partial charge in [0.25, 0.3) is 0 Å². The lowest BCUT2D eigenvalue weighted by molar-refractivity contribution is 0.537. The minimum Gasteiger partial charge on any atom is -0.352 e. The van der Waals surface area contributed by atoms with E-state index in [4.69, 9.17) is 4.98 Å². The Bertz CT molecular complexity index is 458. The van der Waals surface area contributed by atoms with Crippen molar-refractivity contribution in [2.75, 3.05) is 17.2 Å². The Balaban J connectivity index is 2.36. The van der Waals surface area contributed by atoms with E-state index in [-0.39, 0.29) is 5.41 Å². The average molecular weight is 344 g/mol. The molecule has 3 nitrogen and oxygen atoms in total. The van der Waals surface area contributed by atoms with E-state index in [0.29, 0.717) is 11.3 Å². The fourth-order valence-electron chi connectivity index (χ4n) is 2.14. The van der Waals surface area contributed by atoms with Gasteiger partial charge in [0, 0.05) is 35.1 Å². The van der Waals surface area contributed by atoms with Crippen molar-refractivity contribution < 1.29 is 0 Å². The molecule has 0 bridgehead atoms. The Morgan fingerprint density at radius 3 is 2.63 bits per heavy atom. The van der Waals surface area contributed by atoms with Crippen LogP contribution < -0.4 is 4.90 Å². The van der Waals surface area contributed by atoms with E-state index in [2.05, 4.69) is 60.4 Å². The van der Waals surface area contributed by atoms with Crippen LogP contribution in [0.25, 0.3) is 0 Å². The molecule has 2 heterocycles. The molecule has 1 aromatic rings. The van der Waals surface area contributed by atoms with Crippen LogP contribution in [0.1, 0.15) is 40.4 Å². The van der Waals surface area contributed by atoms with Gasteiger partial charge in [0.15, 0.2) is 0 Å². The molecule has 1 aromatic heterocycles. The Morgan fingerprint density at radius 2 is 2.00 bits per heavy atom.